The number of nitrogens with two attached hydrogens (primary N) is 1. The SMILES string of the molecule is CN(CCN)Cc1cn[nH]c1/C=C/Cc1ccccc1. The van der Waals surface area contributed by atoms with Crippen molar-refractivity contribution < 1.29 is 0 Å². The molecule has 0 bridgehead atoms. The predicted molar refractivity (Wildman–Crippen MR) is 83.2 cm³/mol. The first-order valence-electron chi connectivity index (χ1n) is 6.91. The van der Waals surface area contributed by atoms with Gasteiger partial charge in [-0.1, -0.05) is 36.4 Å². The molecule has 0 fully saturated rings. The second-order valence-corrected chi connectivity index (χ2v) is 4.93. The maximum absolute atomic E-state index is 5.56. The first kappa shape index (κ1) is 14.5. The maximum Gasteiger partial charge on any atom is 0.0619 e. The van der Waals surface area contributed by atoms with Crippen LogP contribution in [0.5, 0.6) is 0 Å². The number of hydrogen-bond donors (Lipinski definition) is 2. The fourth-order valence-corrected chi connectivity index (χ4v) is 2.11. The van der Waals surface area contributed by atoms with Gasteiger partial charge in [0.25, 0.3) is 0 Å². The number of nitrogens with zero attached hydrogens (tertiary/aromatic N) is 2. The number of nitrogens with one attached hydrogen (secondary N) is 1. The zero-order chi connectivity index (χ0) is 14.2. The summed E-state index contributed by atoms with van der Waals surface area (Å²) in [4.78, 5) is 2.19. The molecule has 1 aromatic carbocycles. The second kappa shape index (κ2) is 7.62. The third-order valence-electron chi connectivity index (χ3n) is 3.18. The average Bonchev–Trinajstić information content (AvgIpc) is 2.88. The van der Waals surface area contributed by atoms with Gasteiger partial charge >= 0.3 is 0 Å². The number of benzene rings is 1. The van der Waals surface area contributed by atoms with Crippen molar-refractivity contribution >= 4 is 6.08 Å². The Hall–Kier alpha value is -1.91. The molecule has 20 heavy (non-hydrogen) atoms. The molecule has 0 atom stereocenters. The van der Waals surface area contributed by atoms with Crippen LogP contribution in [0.2, 0.25) is 0 Å². The quantitative estimate of drug-likeness (QED) is 0.809. The Bertz CT molecular complexity index is 530. The molecule has 2 aromatic rings. The topological polar surface area (TPSA) is 57.9 Å². The zero-order valence-electron chi connectivity index (χ0n) is 11.9. The third-order valence-corrected chi connectivity index (χ3v) is 3.18. The van der Waals surface area contributed by atoms with E-state index in [1.807, 2.05) is 12.3 Å². The molecule has 3 N–H and O–H groups in total. The molecule has 0 amide bonds. The number of hydrogen-bond acceptors (Lipinski definition) is 3. The van der Waals surface area contributed by atoms with Crippen molar-refractivity contribution in [3.63, 3.8) is 0 Å². The predicted octanol–water partition coefficient (Wildman–Crippen LogP) is 2.06. The van der Waals surface area contributed by atoms with Gasteiger partial charge in [0.05, 0.1) is 11.9 Å². The Morgan fingerprint density at radius 2 is 2.10 bits per heavy atom. The number of H-pyrrole nitrogens is 1. The van der Waals surface area contributed by atoms with Crippen molar-refractivity contribution in [1.82, 2.24) is 15.1 Å². The normalized spacial score (nSPS) is 11.6. The van der Waals surface area contributed by atoms with E-state index in [0.29, 0.717) is 6.54 Å². The lowest BCUT2D eigenvalue weighted by Gasteiger charge is -2.14. The average molecular weight is 270 g/mol. The highest BCUT2D eigenvalue weighted by atomic mass is 15.1. The van der Waals surface area contributed by atoms with Crippen LogP contribution in [0.25, 0.3) is 6.08 Å². The van der Waals surface area contributed by atoms with Crippen molar-refractivity contribution in [2.24, 2.45) is 5.73 Å². The summed E-state index contributed by atoms with van der Waals surface area (Å²) in [7, 11) is 2.07. The fraction of sp³-hybridized carbons (Fsp3) is 0.312. The summed E-state index contributed by atoms with van der Waals surface area (Å²) in [5.41, 5.74) is 9.15. The minimum Gasteiger partial charge on any atom is -0.329 e. The summed E-state index contributed by atoms with van der Waals surface area (Å²) in [5, 5.41) is 7.17. The van der Waals surface area contributed by atoms with E-state index < -0.39 is 0 Å². The van der Waals surface area contributed by atoms with E-state index in [1.165, 1.54) is 11.1 Å². The summed E-state index contributed by atoms with van der Waals surface area (Å²) in [6, 6.07) is 10.4. The largest absolute Gasteiger partial charge is 0.329 e. The summed E-state index contributed by atoms with van der Waals surface area (Å²) >= 11 is 0. The van der Waals surface area contributed by atoms with Gasteiger partial charge in [-0.05, 0) is 25.1 Å². The molecule has 0 aliphatic heterocycles. The number of aromatic nitrogens is 2. The van der Waals surface area contributed by atoms with E-state index in [1.54, 1.807) is 0 Å². The smallest absolute Gasteiger partial charge is 0.0619 e. The van der Waals surface area contributed by atoms with Crippen molar-refractivity contribution in [1.29, 1.82) is 0 Å². The molecule has 4 heteroatoms. The fourth-order valence-electron chi connectivity index (χ4n) is 2.11. The Morgan fingerprint density at radius 3 is 2.85 bits per heavy atom. The Morgan fingerprint density at radius 1 is 1.30 bits per heavy atom. The van der Waals surface area contributed by atoms with E-state index >= 15 is 0 Å². The first-order chi connectivity index (χ1) is 9.79. The van der Waals surface area contributed by atoms with Crippen LogP contribution in [-0.2, 0) is 13.0 Å². The maximum atomic E-state index is 5.56. The van der Waals surface area contributed by atoms with Crippen LogP contribution in [0.1, 0.15) is 16.8 Å². The monoisotopic (exact) mass is 270 g/mol. The van der Waals surface area contributed by atoms with Crippen LogP contribution in [-0.4, -0.2) is 35.2 Å². The van der Waals surface area contributed by atoms with Gasteiger partial charge in [-0.15, -0.1) is 0 Å². The molecule has 0 spiro atoms. The van der Waals surface area contributed by atoms with Crippen LogP contribution >= 0.6 is 0 Å². The number of rotatable bonds is 7. The van der Waals surface area contributed by atoms with Crippen LogP contribution < -0.4 is 5.73 Å². The van der Waals surface area contributed by atoms with E-state index in [-0.39, 0.29) is 0 Å². The third kappa shape index (κ3) is 4.33. The van der Waals surface area contributed by atoms with Gasteiger partial charge in [0.2, 0.25) is 0 Å². The van der Waals surface area contributed by atoms with Crippen molar-refractivity contribution in [3.05, 3.63) is 59.4 Å². The summed E-state index contributed by atoms with van der Waals surface area (Å²) in [6.07, 6.45) is 7.08. The molecule has 0 aliphatic carbocycles. The van der Waals surface area contributed by atoms with Crippen molar-refractivity contribution in [2.75, 3.05) is 20.1 Å². The highest BCUT2D eigenvalue weighted by Gasteiger charge is 2.05. The number of aromatic amines is 1. The Labute approximate surface area is 120 Å². The van der Waals surface area contributed by atoms with Gasteiger partial charge in [-0.3, -0.25) is 5.10 Å². The van der Waals surface area contributed by atoms with Crippen LogP contribution in [0.4, 0.5) is 0 Å². The van der Waals surface area contributed by atoms with Gasteiger partial charge < -0.3 is 10.6 Å². The molecule has 0 radical (unpaired) electrons. The Balaban J connectivity index is 1.94. The molecule has 0 aliphatic rings. The van der Waals surface area contributed by atoms with Crippen LogP contribution in [0, 0.1) is 0 Å². The molecule has 0 unspecified atom stereocenters. The van der Waals surface area contributed by atoms with Crippen LogP contribution in [0.3, 0.4) is 0 Å². The van der Waals surface area contributed by atoms with Crippen molar-refractivity contribution in [3.8, 4) is 0 Å². The highest BCUT2D eigenvalue weighted by molar-refractivity contribution is 5.49. The van der Waals surface area contributed by atoms with E-state index in [9.17, 15) is 0 Å². The summed E-state index contributed by atoms with van der Waals surface area (Å²) < 4.78 is 0. The first-order valence-corrected chi connectivity index (χ1v) is 6.91. The summed E-state index contributed by atoms with van der Waals surface area (Å²) in [6.45, 7) is 2.42. The van der Waals surface area contributed by atoms with Gasteiger partial charge in [0, 0.05) is 25.2 Å². The summed E-state index contributed by atoms with van der Waals surface area (Å²) in [5.74, 6) is 0. The number of likely N-dealkylation sites (N-methyl/N-ethyl adjacent to an activating group) is 1. The molecule has 0 saturated carbocycles. The molecule has 2 rings (SSSR count). The minimum absolute atomic E-state index is 0.674. The lowest BCUT2D eigenvalue weighted by molar-refractivity contribution is 0.336. The molecule has 1 heterocycles. The standard InChI is InChI=1S/C16H22N4/c1-20(11-10-17)13-15-12-18-19-16(15)9-5-8-14-6-3-2-4-7-14/h2-7,9,12H,8,10-11,13,17H2,1H3,(H,18,19)/b9-5+. The zero-order valence-corrected chi connectivity index (χ0v) is 11.9. The van der Waals surface area contributed by atoms with Crippen LogP contribution in [0.15, 0.2) is 42.6 Å². The molecular formula is C16H22N4. The minimum atomic E-state index is 0.674. The highest BCUT2D eigenvalue weighted by Crippen LogP contribution is 2.10. The molecule has 1 aromatic heterocycles. The molecular weight excluding hydrogens is 248 g/mol. The molecule has 4 nitrogen and oxygen atoms in total. The van der Waals surface area contributed by atoms with E-state index in [2.05, 4.69) is 58.6 Å². The molecule has 106 valence electrons. The number of allylic oxidation sites excluding steroid dienone is 1. The Kier molecular flexibility index (Phi) is 5.53. The second-order valence-electron chi connectivity index (χ2n) is 4.93. The van der Waals surface area contributed by atoms with E-state index in [4.69, 9.17) is 5.73 Å². The van der Waals surface area contributed by atoms with E-state index in [0.717, 1.165) is 25.2 Å². The van der Waals surface area contributed by atoms with Gasteiger partial charge in [-0.25, -0.2) is 0 Å². The van der Waals surface area contributed by atoms with Gasteiger partial charge in [-0.2, -0.15) is 5.10 Å². The molecule has 0 saturated heterocycles. The lowest BCUT2D eigenvalue weighted by Crippen LogP contribution is -2.25. The van der Waals surface area contributed by atoms with Crippen molar-refractivity contribution in [2.45, 2.75) is 13.0 Å². The van der Waals surface area contributed by atoms with Gasteiger partial charge in [0.15, 0.2) is 0 Å². The van der Waals surface area contributed by atoms with Gasteiger partial charge in [0.1, 0.15) is 0 Å². The lowest BCUT2D eigenvalue weighted by atomic mass is 10.1.